The van der Waals surface area contributed by atoms with Crippen LogP contribution in [0, 0.1) is 0 Å². The van der Waals surface area contributed by atoms with Gasteiger partial charge in [0.15, 0.2) is 0 Å². The molecule has 0 saturated carbocycles. The predicted molar refractivity (Wildman–Crippen MR) is 137 cm³/mol. The van der Waals surface area contributed by atoms with Gasteiger partial charge in [-0.3, -0.25) is 14.3 Å². The molecule has 0 aliphatic carbocycles. The number of hydrogen-bond acceptors (Lipinski definition) is 7. The highest BCUT2D eigenvalue weighted by Crippen LogP contribution is 2.25. The second kappa shape index (κ2) is 10.3. The van der Waals surface area contributed by atoms with Crippen molar-refractivity contribution in [3.8, 4) is 27.6 Å². The van der Waals surface area contributed by atoms with Gasteiger partial charge in [-0.15, -0.1) is 11.3 Å². The highest BCUT2D eigenvalue weighted by Gasteiger charge is 2.29. The fourth-order valence-electron chi connectivity index (χ4n) is 4.29. The molecule has 4 aromatic rings. The van der Waals surface area contributed by atoms with Crippen molar-refractivity contribution in [1.29, 1.82) is 0 Å². The molecule has 1 aromatic carbocycles. The van der Waals surface area contributed by atoms with Crippen molar-refractivity contribution in [2.75, 3.05) is 27.2 Å². The lowest BCUT2D eigenvalue weighted by Gasteiger charge is -2.36. The summed E-state index contributed by atoms with van der Waals surface area (Å²) in [5.41, 5.74) is 2.97. The van der Waals surface area contributed by atoms with Crippen molar-refractivity contribution in [2.45, 2.75) is 18.9 Å². The molecule has 1 fully saturated rings. The van der Waals surface area contributed by atoms with Crippen molar-refractivity contribution < 1.29 is 14.3 Å². The maximum atomic E-state index is 13.1. The molecule has 1 aliphatic heterocycles. The Bertz CT molecular complexity index is 1340. The van der Waals surface area contributed by atoms with Crippen molar-refractivity contribution in [3.05, 3.63) is 72.4 Å². The molecule has 0 atom stereocenters. The van der Waals surface area contributed by atoms with Gasteiger partial charge in [-0.2, -0.15) is 0 Å². The third-order valence-electron chi connectivity index (χ3n) is 6.42. The molecule has 0 N–H and O–H groups in total. The predicted octanol–water partition coefficient (Wildman–Crippen LogP) is 4.28. The molecule has 36 heavy (non-hydrogen) atoms. The molecule has 0 unspecified atom stereocenters. The van der Waals surface area contributed by atoms with Crippen LogP contribution in [0.15, 0.2) is 66.7 Å². The lowest BCUT2D eigenvalue weighted by Crippen LogP contribution is -2.48. The number of benzene rings is 1. The number of aromatic nitrogens is 4. The molecule has 3 aromatic heterocycles. The number of likely N-dealkylation sites (tertiary alicyclic amines) is 1. The van der Waals surface area contributed by atoms with Gasteiger partial charge in [0, 0.05) is 61.3 Å². The van der Waals surface area contributed by atoms with E-state index in [0.29, 0.717) is 37.3 Å². The van der Waals surface area contributed by atoms with E-state index in [4.69, 9.17) is 4.74 Å². The SMILES string of the molecule is COc1ccc(-c2cn(C(=O)N(C)C3CCN(C(=O)c4csc(-c5cccnc5)n4)CC3)cn2)cc1. The monoisotopic (exact) mass is 502 g/mol. The molecule has 1 saturated heterocycles. The third-order valence-corrected chi connectivity index (χ3v) is 7.31. The zero-order valence-corrected chi connectivity index (χ0v) is 20.9. The molecule has 0 bridgehead atoms. The highest BCUT2D eigenvalue weighted by atomic mass is 32.1. The number of carbonyl (C=O) groups is 2. The van der Waals surface area contributed by atoms with E-state index in [2.05, 4.69) is 15.0 Å². The van der Waals surface area contributed by atoms with Crippen LogP contribution >= 0.6 is 11.3 Å². The summed E-state index contributed by atoms with van der Waals surface area (Å²) in [5.74, 6) is 0.690. The minimum Gasteiger partial charge on any atom is -0.497 e. The second-order valence-corrected chi connectivity index (χ2v) is 9.45. The number of pyridine rings is 1. The van der Waals surface area contributed by atoms with Gasteiger partial charge in [0.2, 0.25) is 0 Å². The Balaban J connectivity index is 1.18. The van der Waals surface area contributed by atoms with E-state index in [1.165, 1.54) is 15.9 Å². The van der Waals surface area contributed by atoms with Crippen LogP contribution in [0.3, 0.4) is 0 Å². The summed E-state index contributed by atoms with van der Waals surface area (Å²) in [5, 5.41) is 2.58. The molecule has 184 valence electrons. The number of hydrogen-bond donors (Lipinski definition) is 0. The Morgan fingerprint density at radius 1 is 1.11 bits per heavy atom. The van der Waals surface area contributed by atoms with Crippen molar-refractivity contribution >= 4 is 23.3 Å². The van der Waals surface area contributed by atoms with Gasteiger partial charge in [-0.1, -0.05) is 0 Å². The number of ether oxygens (including phenoxy) is 1. The molecule has 10 heteroatoms. The molecule has 2 amide bonds. The number of methoxy groups -OCH3 is 1. The Hall–Kier alpha value is -4.05. The summed E-state index contributed by atoms with van der Waals surface area (Å²) in [6.07, 6.45) is 8.13. The summed E-state index contributed by atoms with van der Waals surface area (Å²) in [7, 11) is 3.43. The summed E-state index contributed by atoms with van der Waals surface area (Å²) in [6.45, 7) is 1.14. The van der Waals surface area contributed by atoms with Crippen LogP contribution in [0.1, 0.15) is 23.3 Å². The first kappa shape index (κ1) is 23.7. The topological polar surface area (TPSA) is 93.5 Å². The number of piperidine rings is 1. The summed E-state index contributed by atoms with van der Waals surface area (Å²) in [4.78, 5) is 42.7. The van der Waals surface area contributed by atoms with Crippen LogP contribution in [0.25, 0.3) is 21.8 Å². The number of amides is 2. The normalized spacial score (nSPS) is 14.0. The fraction of sp³-hybridized carbons (Fsp3) is 0.269. The first-order valence-corrected chi connectivity index (χ1v) is 12.5. The third kappa shape index (κ3) is 4.85. The van der Waals surface area contributed by atoms with Crippen LogP contribution in [0.2, 0.25) is 0 Å². The Kier molecular flexibility index (Phi) is 6.77. The summed E-state index contributed by atoms with van der Waals surface area (Å²) in [6, 6.07) is 11.2. The lowest BCUT2D eigenvalue weighted by atomic mass is 10.0. The average molecular weight is 503 g/mol. The van der Waals surface area contributed by atoms with E-state index in [-0.39, 0.29) is 18.0 Å². The Morgan fingerprint density at radius 3 is 2.58 bits per heavy atom. The van der Waals surface area contributed by atoms with E-state index >= 15 is 0 Å². The van der Waals surface area contributed by atoms with Gasteiger partial charge in [0.25, 0.3) is 5.91 Å². The van der Waals surface area contributed by atoms with Crippen LogP contribution < -0.4 is 4.74 Å². The molecule has 0 spiro atoms. The van der Waals surface area contributed by atoms with E-state index in [1.54, 1.807) is 49.4 Å². The summed E-state index contributed by atoms with van der Waals surface area (Å²) >= 11 is 1.44. The van der Waals surface area contributed by atoms with Crippen LogP contribution in [0.5, 0.6) is 5.75 Å². The van der Waals surface area contributed by atoms with E-state index < -0.39 is 0 Å². The van der Waals surface area contributed by atoms with Crippen molar-refractivity contribution in [1.82, 2.24) is 29.3 Å². The minimum atomic E-state index is -0.146. The largest absolute Gasteiger partial charge is 0.497 e. The molecular formula is C26H26N6O3S. The number of carbonyl (C=O) groups excluding carboxylic acids is 2. The van der Waals surface area contributed by atoms with Gasteiger partial charge in [-0.25, -0.2) is 14.8 Å². The van der Waals surface area contributed by atoms with Crippen LogP contribution in [0.4, 0.5) is 4.79 Å². The smallest absolute Gasteiger partial charge is 0.329 e. The quantitative estimate of drug-likeness (QED) is 0.404. The van der Waals surface area contributed by atoms with Gasteiger partial charge in [0.1, 0.15) is 22.8 Å². The number of rotatable bonds is 5. The maximum absolute atomic E-state index is 13.1. The average Bonchev–Trinajstić information content (AvgIpc) is 3.63. The van der Waals surface area contributed by atoms with Crippen molar-refractivity contribution in [3.63, 3.8) is 0 Å². The zero-order valence-electron chi connectivity index (χ0n) is 20.1. The lowest BCUT2D eigenvalue weighted by molar-refractivity contribution is 0.0663. The first-order valence-electron chi connectivity index (χ1n) is 11.6. The fourth-order valence-corrected chi connectivity index (χ4v) is 5.07. The molecule has 9 nitrogen and oxygen atoms in total. The molecular weight excluding hydrogens is 476 g/mol. The molecule has 4 heterocycles. The molecule has 1 aliphatic rings. The number of imidazole rings is 1. The van der Waals surface area contributed by atoms with E-state index in [0.717, 1.165) is 21.9 Å². The number of thiazole rings is 1. The Labute approximate surface area is 213 Å². The minimum absolute atomic E-state index is 0.0368. The van der Waals surface area contributed by atoms with Gasteiger partial charge >= 0.3 is 6.03 Å². The zero-order chi connectivity index (χ0) is 25.1. The second-order valence-electron chi connectivity index (χ2n) is 8.59. The van der Waals surface area contributed by atoms with Gasteiger partial charge in [0.05, 0.1) is 12.8 Å². The van der Waals surface area contributed by atoms with E-state index in [9.17, 15) is 9.59 Å². The summed E-state index contributed by atoms with van der Waals surface area (Å²) < 4.78 is 6.70. The van der Waals surface area contributed by atoms with Gasteiger partial charge in [-0.05, 0) is 49.2 Å². The maximum Gasteiger partial charge on any atom is 0.329 e. The van der Waals surface area contributed by atoms with E-state index in [1.807, 2.05) is 41.3 Å². The van der Waals surface area contributed by atoms with Crippen molar-refractivity contribution in [2.24, 2.45) is 0 Å². The molecule has 5 rings (SSSR count). The Morgan fingerprint density at radius 2 is 1.89 bits per heavy atom. The molecule has 0 radical (unpaired) electrons. The highest BCUT2D eigenvalue weighted by molar-refractivity contribution is 7.13. The first-order chi connectivity index (χ1) is 17.5. The van der Waals surface area contributed by atoms with Gasteiger partial charge < -0.3 is 14.5 Å². The van der Waals surface area contributed by atoms with Crippen LogP contribution in [-0.2, 0) is 0 Å². The number of nitrogens with zero attached hydrogens (tertiary/aromatic N) is 6. The van der Waals surface area contributed by atoms with Crippen LogP contribution in [-0.4, -0.2) is 74.5 Å². The standard InChI is InChI=1S/C26H26N6O3S/c1-30(26(34)32-15-22(28-17-32)18-5-7-21(35-2)8-6-18)20-9-12-31(13-10-20)25(33)23-16-36-24(29-23)19-4-3-11-27-14-19/h3-8,11,14-17,20H,9-10,12-13H2,1-2H3.